The van der Waals surface area contributed by atoms with Crippen LogP contribution in [0.1, 0.15) is 30.1 Å². The number of rotatable bonds is 5. The van der Waals surface area contributed by atoms with Crippen LogP contribution in [0.3, 0.4) is 0 Å². The Balaban J connectivity index is 1.74. The number of thioether (sulfide) groups is 1. The maximum absolute atomic E-state index is 13.3. The maximum atomic E-state index is 13.3. The molecule has 6 nitrogen and oxygen atoms in total. The van der Waals surface area contributed by atoms with Crippen LogP contribution in [0, 0.1) is 5.92 Å². The fraction of sp³-hybridized carbons (Fsp3) is 0.421. The van der Waals surface area contributed by atoms with Gasteiger partial charge in [-0.15, -0.1) is 0 Å². The van der Waals surface area contributed by atoms with Crippen LogP contribution in [0.25, 0.3) is 0 Å². The molecule has 2 heterocycles. The van der Waals surface area contributed by atoms with Crippen LogP contribution in [-0.4, -0.2) is 34.4 Å². The zero-order valence-corrected chi connectivity index (χ0v) is 15.7. The molecule has 1 aliphatic carbocycles. The molecule has 1 aliphatic heterocycles. The van der Waals surface area contributed by atoms with E-state index in [1.807, 2.05) is 31.2 Å². The summed E-state index contributed by atoms with van der Waals surface area (Å²) >= 11 is 1.55. The first-order chi connectivity index (χ1) is 12.6. The van der Waals surface area contributed by atoms with Gasteiger partial charge in [0.25, 0.3) is 11.5 Å². The van der Waals surface area contributed by atoms with Gasteiger partial charge < -0.3 is 9.64 Å². The number of nitrogens with zero attached hydrogens (tertiary/aromatic N) is 3. The van der Waals surface area contributed by atoms with Gasteiger partial charge in [0.05, 0.1) is 7.11 Å². The third-order valence-corrected chi connectivity index (χ3v) is 6.04. The quantitative estimate of drug-likeness (QED) is 0.756. The second kappa shape index (κ2) is 6.79. The predicted molar refractivity (Wildman–Crippen MR) is 101 cm³/mol. The number of carbonyl (C=O) groups is 1. The predicted octanol–water partition coefficient (Wildman–Crippen LogP) is 2.80. The lowest BCUT2D eigenvalue weighted by Gasteiger charge is -2.29. The summed E-state index contributed by atoms with van der Waals surface area (Å²) in [6.07, 6.45) is 3.66. The molecule has 2 aromatic rings. The summed E-state index contributed by atoms with van der Waals surface area (Å²) in [7, 11) is 1.61. The first-order valence-corrected chi connectivity index (χ1v) is 9.79. The Morgan fingerprint density at radius 2 is 2.08 bits per heavy atom. The number of methoxy groups -OCH3 is 1. The van der Waals surface area contributed by atoms with E-state index in [0.717, 1.165) is 30.0 Å². The fourth-order valence-electron chi connectivity index (χ4n) is 3.36. The topological polar surface area (TPSA) is 64.4 Å². The lowest BCUT2D eigenvalue weighted by molar-refractivity contribution is 0.0973. The molecule has 0 N–H and O–H groups in total. The van der Waals surface area contributed by atoms with E-state index < -0.39 is 0 Å². The van der Waals surface area contributed by atoms with Crippen molar-refractivity contribution in [2.75, 3.05) is 17.8 Å². The summed E-state index contributed by atoms with van der Waals surface area (Å²) in [5.41, 5.74) is 0.667. The highest BCUT2D eigenvalue weighted by Gasteiger charge is 2.36. The molecule has 1 saturated carbocycles. The maximum Gasteiger partial charge on any atom is 0.267 e. The number of ether oxygens (including phenoxy) is 1. The van der Waals surface area contributed by atoms with Gasteiger partial charge in [-0.1, -0.05) is 11.8 Å². The van der Waals surface area contributed by atoms with Gasteiger partial charge >= 0.3 is 0 Å². The molecule has 1 unspecified atom stereocenters. The third kappa shape index (κ3) is 3.00. The Hall–Kier alpha value is -2.28. The van der Waals surface area contributed by atoms with Crippen molar-refractivity contribution < 1.29 is 9.53 Å². The van der Waals surface area contributed by atoms with E-state index in [4.69, 9.17) is 4.74 Å². The first kappa shape index (κ1) is 17.1. The summed E-state index contributed by atoms with van der Waals surface area (Å²) in [6, 6.07) is 7.43. The summed E-state index contributed by atoms with van der Waals surface area (Å²) in [4.78, 5) is 32.2. The van der Waals surface area contributed by atoms with Crippen LogP contribution in [0.2, 0.25) is 0 Å². The number of hydrogen-bond donors (Lipinski definition) is 0. The normalized spacial score (nSPS) is 16.8. The Morgan fingerprint density at radius 1 is 1.35 bits per heavy atom. The van der Waals surface area contributed by atoms with E-state index in [0.29, 0.717) is 17.6 Å². The Kier molecular flexibility index (Phi) is 4.48. The van der Waals surface area contributed by atoms with E-state index in [1.54, 1.807) is 28.3 Å². The van der Waals surface area contributed by atoms with E-state index >= 15 is 0 Å². The summed E-state index contributed by atoms with van der Waals surface area (Å²) < 4.78 is 6.82. The van der Waals surface area contributed by atoms with Gasteiger partial charge in [0, 0.05) is 30.2 Å². The van der Waals surface area contributed by atoms with Gasteiger partial charge in [-0.3, -0.25) is 14.2 Å². The van der Waals surface area contributed by atoms with Crippen LogP contribution in [0.15, 0.2) is 40.4 Å². The standard InChI is InChI=1S/C19H21N3O3S/c1-12(13-3-4-13)22(14-5-7-15(25-2)8-6-14)18(24)16-11-20-19-21(17(16)23)9-10-26-19/h5-8,11-13H,3-4,9-10H2,1-2H3. The van der Waals surface area contributed by atoms with Crippen LogP contribution < -0.4 is 15.2 Å². The van der Waals surface area contributed by atoms with Crippen molar-refractivity contribution in [1.82, 2.24) is 9.55 Å². The minimum Gasteiger partial charge on any atom is -0.497 e. The molecule has 0 saturated heterocycles. The Morgan fingerprint density at radius 3 is 2.73 bits per heavy atom. The van der Waals surface area contributed by atoms with Gasteiger partial charge in [0.15, 0.2) is 5.16 Å². The molecular weight excluding hydrogens is 350 g/mol. The number of anilines is 1. The van der Waals surface area contributed by atoms with Crippen molar-refractivity contribution in [1.29, 1.82) is 0 Å². The smallest absolute Gasteiger partial charge is 0.267 e. The molecule has 0 radical (unpaired) electrons. The first-order valence-electron chi connectivity index (χ1n) is 8.80. The van der Waals surface area contributed by atoms with Crippen molar-refractivity contribution in [3.8, 4) is 5.75 Å². The average molecular weight is 371 g/mol. The molecule has 0 spiro atoms. The van der Waals surface area contributed by atoms with Gasteiger partial charge in [0.2, 0.25) is 0 Å². The van der Waals surface area contributed by atoms with Gasteiger partial charge in [-0.05, 0) is 49.9 Å². The van der Waals surface area contributed by atoms with Crippen molar-refractivity contribution in [2.24, 2.45) is 5.92 Å². The zero-order chi connectivity index (χ0) is 18.3. The summed E-state index contributed by atoms with van der Waals surface area (Å²) in [5.74, 6) is 1.75. The van der Waals surface area contributed by atoms with E-state index in [9.17, 15) is 9.59 Å². The number of carbonyl (C=O) groups excluding carboxylic acids is 1. The fourth-order valence-corrected chi connectivity index (χ4v) is 4.28. The molecule has 1 aromatic carbocycles. The number of hydrogen-bond acceptors (Lipinski definition) is 5. The Labute approximate surface area is 156 Å². The van der Waals surface area contributed by atoms with E-state index in [2.05, 4.69) is 4.98 Å². The highest BCUT2D eigenvalue weighted by atomic mass is 32.2. The van der Waals surface area contributed by atoms with Gasteiger partial charge in [-0.25, -0.2) is 4.98 Å². The number of aromatic nitrogens is 2. The second-order valence-corrected chi connectivity index (χ2v) is 7.77. The lowest BCUT2D eigenvalue weighted by Crippen LogP contribution is -2.43. The van der Waals surface area contributed by atoms with Crippen molar-refractivity contribution in [2.45, 2.75) is 37.5 Å². The minimum absolute atomic E-state index is 0.0305. The number of amides is 1. The molecule has 136 valence electrons. The molecule has 2 aliphatic rings. The molecule has 1 aromatic heterocycles. The van der Waals surface area contributed by atoms with Crippen LogP contribution >= 0.6 is 11.8 Å². The second-order valence-electron chi connectivity index (χ2n) is 6.71. The number of benzene rings is 1. The molecule has 1 amide bonds. The summed E-state index contributed by atoms with van der Waals surface area (Å²) in [6.45, 7) is 2.65. The van der Waals surface area contributed by atoms with Gasteiger partial charge in [-0.2, -0.15) is 0 Å². The zero-order valence-electron chi connectivity index (χ0n) is 14.8. The highest BCUT2D eigenvalue weighted by Crippen LogP contribution is 2.37. The molecule has 0 bridgehead atoms. The van der Waals surface area contributed by atoms with Gasteiger partial charge in [0.1, 0.15) is 11.3 Å². The molecule has 4 rings (SSSR count). The van der Waals surface area contributed by atoms with Crippen LogP contribution in [0.5, 0.6) is 5.75 Å². The lowest BCUT2D eigenvalue weighted by atomic mass is 10.1. The summed E-state index contributed by atoms with van der Waals surface area (Å²) in [5, 5.41) is 0.692. The van der Waals surface area contributed by atoms with E-state index in [1.165, 1.54) is 6.20 Å². The van der Waals surface area contributed by atoms with Crippen LogP contribution in [0.4, 0.5) is 5.69 Å². The third-order valence-electron chi connectivity index (χ3n) is 5.07. The average Bonchev–Trinajstić information content (AvgIpc) is 3.40. The molecule has 7 heteroatoms. The van der Waals surface area contributed by atoms with Crippen molar-refractivity contribution in [3.05, 3.63) is 46.4 Å². The Bertz CT molecular complexity index is 890. The van der Waals surface area contributed by atoms with Crippen molar-refractivity contribution >= 4 is 23.4 Å². The monoisotopic (exact) mass is 371 g/mol. The molecule has 1 fully saturated rings. The molecular formula is C19H21N3O3S. The largest absolute Gasteiger partial charge is 0.497 e. The van der Waals surface area contributed by atoms with E-state index in [-0.39, 0.29) is 23.1 Å². The van der Waals surface area contributed by atoms with Crippen LogP contribution in [-0.2, 0) is 6.54 Å². The number of fused-ring (bicyclic) bond motifs is 1. The molecule has 1 atom stereocenters. The SMILES string of the molecule is COc1ccc(N(C(=O)c2cnc3n(c2=O)CCS3)C(C)C2CC2)cc1. The molecule has 26 heavy (non-hydrogen) atoms. The highest BCUT2D eigenvalue weighted by molar-refractivity contribution is 7.99. The van der Waals surface area contributed by atoms with Crippen molar-refractivity contribution in [3.63, 3.8) is 0 Å². The minimum atomic E-state index is -0.278.